The molecule has 0 aliphatic heterocycles. The number of aromatic nitrogens is 3. The summed E-state index contributed by atoms with van der Waals surface area (Å²) in [7, 11) is 1.65. The van der Waals surface area contributed by atoms with Crippen LogP contribution in [-0.4, -0.2) is 40.1 Å². The number of aryl methyl sites for hydroxylation is 2. The summed E-state index contributed by atoms with van der Waals surface area (Å²) in [6.45, 7) is 4.75. The minimum absolute atomic E-state index is 0.0247. The fourth-order valence-corrected chi connectivity index (χ4v) is 4.70. The van der Waals surface area contributed by atoms with Gasteiger partial charge in [0, 0.05) is 13.0 Å². The molecule has 0 saturated carbocycles. The van der Waals surface area contributed by atoms with Gasteiger partial charge in [-0.25, -0.2) is 0 Å². The van der Waals surface area contributed by atoms with E-state index in [1.54, 1.807) is 7.11 Å². The van der Waals surface area contributed by atoms with Crippen LogP contribution < -0.4 is 10.1 Å². The molecule has 4 aromatic rings. The van der Waals surface area contributed by atoms with Gasteiger partial charge in [0.2, 0.25) is 5.91 Å². The lowest BCUT2D eigenvalue weighted by molar-refractivity contribution is -0.118. The molecule has 0 spiro atoms. The largest absolute Gasteiger partial charge is 0.497 e. The molecule has 0 atom stereocenters. The van der Waals surface area contributed by atoms with Gasteiger partial charge in [0.05, 0.1) is 18.6 Å². The first-order chi connectivity index (χ1) is 17.0. The molecule has 0 bridgehead atoms. The summed E-state index contributed by atoms with van der Waals surface area (Å²) in [5, 5.41) is 12.7. The second kappa shape index (κ2) is 11.7. The molecule has 0 saturated heterocycles. The van der Waals surface area contributed by atoms with Gasteiger partial charge in [-0.1, -0.05) is 71.9 Å². The number of ether oxygens (including phenoxy) is 1. The molecule has 0 aliphatic rings. The van der Waals surface area contributed by atoms with Crippen molar-refractivity contribution in [2.45, 2.75) is 31.8 Å². The maximum absolute atomic E-state index is 12.6. The van der Waals surface area contributed by atoms with Crippen LogP contribution in [0.2, 0.25) is 0 Å². The Morgan fingerprint density at radius 3 is 2.46 bits per heavy atom. The summed E-state index contributed by atoms with van der Waals surface area (Å²) in [5.74, 6) is 1.93. The highest BCUT2D eigenvalue weighted by Gasteiger charge is 2.17. The number of hydrogen-bond donors (Lipinski definition) is 1. The normalized spacial score (nSPS) is 10.8. The summed E-state index contributed by atoms with van der Waals surface area (Å²) in [6, 6.07) is 24.5. The molecule has 0 fully saturated rings. The Morgan fingerprint density at radius 2 is 1.74 bits per heavy atom. The highest BCUT2D eigenvalue weighted by Crippen LogP contribution is 2.26. The Kier molecular flexibility index (Phi) is 8.21. The van der Waals surface area contributed by atoms with E-state index >= 15 is 0 Å². The van der Waals surface area contributed by atoms with Gasteiger partial charge in [-0.3, -0.25) is 9.36 Å². The smallest absolute Gasteiger partial charge is 0.230 e. The maximum atomic E-state index is 12.6. The number of hydrogen-bond acceptors (Lipinski definition) is 5. The van der Waals surface area contributed by atoms with Gasteiger partial charge in [0.15, 0.2) is 5.16 Å². The van der Waals surface area contributed by atoms with Gasteiger partial charge in [0.25, 0.3) is 0 Å². The minimum atomic E-state index is -0.0247. The van der Waals surface area contributed by atoms with E-state index in [1.165, 1.54) is 22.9 Å². The summed E-state index contributed by atoms with van der Waals surface area (Å²) in [4.78, 5) is 12.6. The number of nitrogens with one attached hydrogen (secondary N) is 1. The van der Waals surface area contributed by atoms with Crippen molar-refractivity contribution in [3.63, 3.8) is 0 Å². The maximum Gasteiger partial charge on any atom is 0.230 e. The second-order valence-electron chi connectivity index (χ2n) is 8.42. The molecule has 7 heteroatoms. The zero-order valence-corrected chi connectivity index (χ0v) is 21.1. The third kappa shape index (κ3) is 6.51. The van der Waals surface area contributed by atoms with Crippen LogP contribution in [0.4, 0.5) is 0 Å². The molecule has 1 heterocycles. The highest BCUT2D eigenvalue weighted by atomic mass is 32.2. The van der Waals surface area contributed by atoms with Crippen LogP contribution in [0.15, 0.2) is 78.0 Å². The summed E-state index contributed by atoms with van der Waals surface area (Å²) in [6.07, 6.45) is 1.43. The van der Waals surface area contributed by atoms with Gasteiger partial charge in [-0.05, 0) is 55.2 Å². The molecule has 1 amide bonds. The first-order valence-corrected chi connectivity index (χ1v) is 12.6. The molecule has 0 aliphatic carbocycles. The van der Waals surface area contributed by atoms with E-state index in [2.05, 4.69) is 64.3 Å². The van der Waals surface area contributed by atoms with Crippen LogP contribution >= 0.6 is 11.8 Å². The fourth-order valence-electron chi connectivity index (χ4n) is 3.90. The molecule has 35 heavy (non-hydrogen) atoms. The van der Waals surface area contributed by atoms with Crippen molar-refractivity contribution in [1.82, 2.24) is 20.1 Å². The predicted octanol–water partition coefficient (Wildman–Crippen LogP) is 4.93. The van der Waals surface area contributed by atoms with E-state index in [4.69, 9.17) is 4.74 Å². The van der Waals surface area contributed by atoms with Crippen molar-refractivity contribution in [1.29, 1.82) is 0 Å². The molecule has 1 aromatic heterocycles. The van der Waals surface area contributed by atoms with Crippen molar-refractivity contribution in [3.05, 3.63) is 101 Å². The number of benzene rings is 3. The van der Waals surface area contributed by atoms with Crippen LogP contribution in [-0.2, 0) is 17.6 Å². The first-order valence-electron chi connectivity index (χ1n) is 11.6. The number of carbonyl (C=O) groups is 1. The molecule has 4 rings (SSSR count). The Balaban J connectivity index is 1.44. The lowest BCUT2D eigenvalue weighted by Crippen LogP contribution is -2.27. The quantitative estimate of drug-likeness (QED) is 0.322. The number of carbonyl (C=O) groups excluding carboxylic acids is 1. The van der Waals surface area contributed by atoms with Crippen LogP contribution in [0, 0.1) is 13.8 Å². The molecule has 6 nitrogen and oxygen atoms in total. The van der Waals surface area contributed by atoms with Crippen LogP contribution in [0.3, 0.4) is 0 Å². The van der Waals surface area contributed by atoms with E-state index in [1.807, 2.05) is 42.5 Å². The third-order valence-corrected chi connectivity index (χ3v) is 6.65. The molecule has 180 valence electrons. The van der Waals surface area contributed by atoms with Crippen molar-refractivity contribution < 1.29 is 9.53 Å². The minimum Gasteiger partial charge on any atom is -0.497 e. The topological polar surface area (TPSA) is 69.0 Å². The predicted molar refractivity (Wildman–Crippen MR) is 141 cm³/mol. The fraction of sp³-hybridized carbons (Fsp3) is 0.250. The third-order valence-electron chi connectivity index (χ3n) is 5.73. The number of nitrogens with zero attached hydrogens (tertiary/aromatic N) is 3. The summed E-state index contributed by atoms with van der Waals surface area (Å²) < 4.78 is 7.27. The Bertz CT molecular complexity index is 1270. The van der Waals surface area contributed by atoms with Crippen molar-refractivity contribution in [3.8, 4) is 11.4 Å². The van der Waals surface area contributed by atoms with E-state index in [0.29, 0.717) is 18.1 Å². The second-order valence-corrected chi connectivity index (χ2v) is 9.37. The zero-order valence-electron chi connectivity index (χ0n) is 20.3. The first kappa shape index (κ1) is 24.5. The van der Waals surface area contributed by atoms with Gasteiger partial charge in [-0.15, -0.1) is 10.2 Å². The molecular formula is C28H30N4O2S. The SMILES string of the molecule is COc1ccc(CCNC(=O)CSc2nnc(Cc3ccccc3)n2-c2ccc(C)cc2C)cc1. The van der Waals surface area contributed by atoms with E-state index in [-0.39, 0.29) is 11.7 Å². The average molecular weight is 487 g/mol. The monoisotopic (exact) mass is 486 g/mol. The average Bonchev–Trinajstić information content (AvgIpc) is 3.26. The zero-order chi connectivity index (χ0) is 24.6. The lowest BCUT2D eigenvalue weighted by atomic mass is 10.1. The van der Waals surface area contributed by atoms with Crippen LogP contribution in [0.1, 0.15) is 28.1 Å². The van der Waals surface area contributed by atoms with Crippen molar-refractivity contribution >= 4 is 17.7 Å². The summed E-state index contributed by atoms with van der Waals surface area (Å²) in [5.41, 5.74) is 5.70. The number of thioether (sulfide) groups is 1. The van der Waals surface area contributed by atoms with Crippen LogP contribution in [0.5, 0.6) is 5.75 Å². The molecule has 1 N–H and O–H groups in total. The number of amides is 1. The van der Waals surface area contributed by atoms with Gasteiger partial charge >= 0.3 is 0 Å². The Hall–Kier alpha value is -3.58. The number of rotatable bonds is 10. The van der Waals surface area contributed by atoms with Crippen molar-refractivity contribution in [2.24, 2.45) is 0 Å². The molecule has 3 aromatic carbocycles. The van der Waals surface area contributed by atoms with Gasteiger partial charge < -0.3 is 10.1 Å². The van der Waals surface area contributed by atoms with E-state index in [9.17, 15) is 4.79 Å². The van der Waals surface area contributed by atoms with E-state index < -0.39 is 0 Å². The molecular weight excluding hydrogens is 456 g/mol. The molecule has 0 radical (unpaired) electrons. The summed E-state index contributed by atoms with van der Waals surface area (Å²) >= 11 is 1.41. The lowest BCUT2D eigenvalue weighted by Gasteiger charge is -2.14. The number of methoxy groups -OCH3 is 1. The van der Waals surface area contributed by atoms with Gasteiger partial charge in [0.1, 0.15) is 11.6 Å². The van der Waals surface area contributed by atoms with Gasteiger partial charge in [-0.2, -0.15) is 0 Å². The Morgan fingerprint density at radius 1 is 0.971 bits per heavy atom. The highest BCUT2D eigenvalue weighted by molar-refractivity contribution is 7.99. The van der Waals surface area contributed by atoms with E-state index in [0.717, 1.165) is 34.8 Å². The van der Waals surface area contributed by atoms with Crippen LogP contribution in [0.25, 0.3) is 5.69 Å². The van der Waals surface area contributed by atoms with Crippen molar-refractivity contribution in [2.75, 3.05) is 19.4 Å². The standard InChI is InChI=1S/C28H30N4O2S/c1-20-9-14-25(21(2)17-20)32-26(18-23-7-5-4-6-8-23)30-31-28(32)35-19-27(33)29-16-15-22-10-12-24(34-3)13-11-22/h4-14,17H,15-16,18-19H2,1-3H3,(H,29,33). The molecule has 0 unspecified atom stereocenters. The Labute approximate surface area is 210 Å².